The number of fused-ring (bicyclic) bond motifs is 1. The number of furan rings is 1. The van der Waals surface area contributed by atoms with Crippen molar-refractivity contribution in [3.05, 3.63) is 42.2 Å². The summed E-state index contributed by atoms with van der Waals surface area (Å²) in [5.41, 5.74) is 5.06. The van der Waals surface area contributed by atoms with Crippen LogP contribution >= 0.6 is 0 Å². The SMILES string of the molecule is Cc1nn2cc(-c3ccoc3)cnc2c1C. The van der Waals surface area contributed by atoms with Gasteiger partial charge in [0.05, 0.1) is 18.2 Å². The van der Waals surface area contributed by atoms with E-state index in [0.29, 0.717) is 0 Å². The molecule has 0 saturated heterocycles. The topological polar surface area (TPSA) is 43.3 Å². The zero-order valence-electron chi connectivity index (χ0n) is 9.14. The Morgan fingerprint density at radius 3 is 2.88 bits per heavy atom. The zero-order valence-corrected chi connectivity index (χ0v) is 9.14. The van der Waals surface area contributed by atoms with Gasteiger partial charge in [0.15, 0.2) is 5.65 Å². The molecule has 3 heterocycles. The van der Waals surface area contributed by atoms with Gasteiger partial charge in [0.1, 0.15) is 0 Å². The Balaban J connectivity index is 2.24. The van der Waals surface area contributed by atoms with Crippen LogP contribution in [0.25, 0.3) is 16.8 Å². The van der Waals surface area contributed by atoms with Crippen molar-refractivity contribution in [2.45, 2.75) is 13.8 Å². The van der Waals surface area contributed by atoms with Crippen LogP contribution in [0.2, 0.25) is 0 Å². The van der Waals surface area contributed by atoms with Crippen LogP contribution in [0.4, 0.5) is 0 Å². The fourth-order valence-electron chi connectivity index (χ4n) is 1.74. The third-order valence-electron chi connectivity index (χ3n) is 2.79. The van der Waals surface area contributed by atoms with E-state index in [1.54, 1.807) is 12.5 Å². The Bertz CT molecular complexity index is 638. The first-order chi connectivity index (χ1) is 7.75. The summed E-state index contributed by atoms with van der Waals surface area (Å²) in [6.45, 7) is 4.02. The van der Waals surface area contributed by atoms with Crippen molar-refractivity contribution < 1.29 is 4.42 Å². The lowest BCUT2D eigenvalue weighted by atomic mass is 10.2. The quantitative estimate of drug-likeness (QED) is 0.624. The molecule has 0 amide bonds. The van der Waals surface area contributed by atoms with Crippen LogP contribution in [0.3, 0.4) is 0 Å². The predicted molar refractivity (Wildman–Crippen MR) is 60.2 cm³/mol. The lowest BCUT2D eigenvalue weighted by Crippen LogP contribution is -1.91. The minimum absolute atomic E-state index is 0.907. The Labute approximate surface area is 92.5 Å². The highest BCUT2D eigenvalue weighted by molar-refractivity contribution is 5.62. The first-order valence-corrected chi connectivity index (χ1v) is 5.10. The number of aryl methyl sites for hydroxylation is 2. The summed E-state index contributed by atoms with van der Waals surface area (Å²) in [7, 11) is 0. The predicted octanol–water partition coefficient (Wildman–Crippen LogP) is 2.61. The highest BCUT2D eigenvalue weighted by atomic mass is 16.3. The van der Waals surface area contributed by atoms with E-state index < -0.39 is 0 Å². The van der Waals surface area contributed by atoms with Gasteiger partial charge in [-0.1, -0.05) is 0 Å². The summed E-state index contributed by atoms with van der Waals surface area (Å²) in [6, 6.07) is 1.91. The average Bonchev–Trinajstić information content (AvgIpc) is 2.88. The summed E-state index contributed by atoms with van der Waals surface area (Å²) in [5, 5.41) is 4.41. The molecule has 3 rings (SSSR count). The van der Waals surface area contributed by atoms with Crippen molar-refractivity contribution in [1.29, 1.82) is 0 Å². The van der Waals surface area contributed by atoms with Crippen molar-refractivity contribution >= 4 is 5.65 Å². The van der Waals surface area contributed by atoms with Crippen molar-refractivity contribution in [2.24, 2.45) is 0 Å². The summed E-state index contributed by atoms with van der Waals surface area (Å²) >= 11 is 0. The standard InChI is InChI=1S/C12H11N3O/c1-8-9(2)14-15-6-11(5-13-12(8)15)10-3-4-16-7-10/h3-7H,1-2H3. The molecule has 80 valence electrons. The van der Waals surface area contributed by atoms with Crippen LogP contribution in [0.1, 0.15) is 11.3 Å². The van der Waals surface area contributed by atoms with E-state index in [2.05, 4.69) is 10.1 Å². The van der Waals surface area contributed by atoms with E-state index in [4.69, 9.17) is 4.42 Å². The maximum atomic E-state index is 5.05. The summed E-state index contributed by atoms with van der Waals surface area (Å²) < 4.78 is 6.86. The second-order valence-corrected chi connectivity index (χ2v) is 3.83. The van der Waals surface area contributed by atoms with E-state index in [1.165, 1.54) is 0 Å². The largest absolute Gasteiger partial charge is 0.472 e. The molecule has 0 spiro atoms. The highest BCUT2D eigenvalue weighted by Gasteiger charge is 2.07. The number of rotatable bonds is 1. The van der Waals surface area contributed by atoms with Gasteiger partial charge in [-0.3, -0.25) is 0 Å². The minimum atomic E-state index is 0.907. The van der Waals surface area contributed by atoms with Crippen molar-refractivity contribution in [3.8, 4) is 11.1 Å². The van der Waals surface area contributed by atoms with E-state index in [1.807, 2.05) is 36.8 Å². The molecule has 0 aromatic carbocycles. The second-order valence-electron chi connectivity index (χ2n) is 3.83. The van der Waals surface area contributed by atoms with Gasteiger partial charge in [0.25, 0.3) is 0 Å². The molecule has 0 aliphatic rings. The van der Waals surface area contributed by atoms with Crippen LogP contribution < -0.4 is 0 Å². The molecule has 0 aliphatic carbocycles. The van der Waals surface area contributed by atoms with Gasteiger partial charge in [0, 0.05) is 29.1 Å². The lowest BCUT2D eigenvalue weighted by molar-refractivity contribution is 0.568. The first kappa shape index (κ1) is 9.15. The van der Waals surface area contributed by atoms with Crippen molar-refractivity contribution in [1.82, 2.24) is 14.6 Å². The smallest absolute Gasteiger partial charge is 0.158 e. The maximum absolute atomic E-state index is 5.05. The normalized spacial score (nSPS) is 11.1. The van der Waals surface area contributed by atoms with Gasteiger partial charge in [0.2, 0.25) is 0 Å². The number of aromatic nitrogens is 3. The lowest BCUT2D eigenvalue weighted by Gasteiger charge is -1.97. The molecule has 0 atom stereocenters. The van der Waals surface area contributed by atoms with Gasteiger partial charge >= 0.3 is 0 Å². The maximum Gasteiger partial charge on any atom is 0.158 e. The van der Waals surface area contributed by atoms with E-state index in [-0.39, 0.29) is 0 Å². The van der Waals surface area contributed by atoms with Gasteiger partial charge in [-0.2, -0.15) is 5.10 Å². The Kier molecular flexibility index (Phi) is 1.83. The molecule has 4 nitrogen and oxygen atoms in total. The van der Waals surface area contributed by atoms with Crippen LogP contribution in [0, 0.1) is 13.8 Å². The van der Waals surface area contributed by atoms with Crippen molar-refractivity contribution in [3.63, 3.8) is 0 Å². The summed E-state index contributed by atoms with van der Waals surface area (Å²) in [6.07, 6.45) is 7.16. The molecule has 3 aromatic heterocycles. The van der Waals surface area contributed by atoms with Crippen LogP contribution in [0.15, 0.2) is 35.4 Å². The minimum Gasteiger partial charge on any atom is -0.472 e. The molecule has 4 heteroatoms. The third-order valence-corrected chi connectivity index (χ3v) is 2.79. The summed E-state index contributed by atoms with van der Waals surface area (Å²) in [5.74, 6) is 0. The molecule has 0 aliphatic heterocycles. The molecule has 16 heavy (non-hydrogen) atoms. The Morgan fingerprint density at radius 1 is 1.25 bits per heavy atom. The molecule has 0 unspecified atom stereocenters. The first-order valence-electron chi connectivity index (χ1n) is 5.10. The Hall–Kier alpha value is -2.10. The molecule has 0 saturated carbocycles. The molecule has 0 N–H and O–H groups in total. The van der Waals surface area contributed by atoms with Crippen LogP contribution in [-0.2, 0) is 0 Å². The van der Waals surface area contributed by atoms with Gasteiger partial charge in [-0.05, 0) is 19.9 Å². The summed E-state index contributed by atoms with van der Waals surface area (Å²) in [4.78, 5) is 4.42. The fraction of sp³-hybridized carbons (Fsp3) is 0.167. The molecule has 0 fully saturated rings. The van der Waals surface area contributed by atoms with E-state index in [9.17, 15) is 0 Å². The third kappa shape index (κ3) is 1.23. The monoisotopic (exact) mass is 213 g/mol. The van der Waals surface area contributed by atoms with Gasteiger partial charge in [-0.15, -0.1) is 0 Å². The number of nitrogens with zero attached hydrogens (tertiary/aromatic N) is 3. The fourth-order valence-corrected chi connectivity index (χ4v) is 1.74. The zero-order chi connectivity index (χ0) is 11.1. The Morgan fingerprint density at radius 2 is 2.12 bits per heavy atom. The van der Waals surface area contributed by atoms with Gasteiger partial charge < -0.3 is 4.42 Å². The van der Waals surface area contributed by atoms with Gasteiger partial charge in [-0.25, -0.2) is 9.50 Å². The average molecular weight is 213 g/mol. The van der Waals surface area contributed by atoms with Crippen LogP contribution in [0.5, 0.6) is 0 Å². The number of hydrogen-bond acceptors (Lipinski definition) is 3. The van der Waals surface area contributed by atoms with E-state index in [0.717, 1.165) is 28.0 Å². The highest BCUT2D eigenvalue weighted by Crippen LogP contribution is 2.20. The molecular weight excluding hydrogens is 202 g/mol. The second kappa shape index (κ2) is 3.20. The molecular formula is C12H11N3O. The molecule has 0 radical (unpaired) electrons. The number of hydrogen-bond donors (Lipinski definition) is 0. The molecule has 3 aromatic rings. The van der Waals surface area contributed by atoms with Crippen molar-refractivity contribution in [2.75, 3.05) is 0 Å². The molecule has 0 bridgehead atoms. The van der Waals surface area contributed by atoms with E-state index >= 15 is 0 Å². The van der Waals surface area contributed by atoms with Crippen LogP contribution in [-0.4, -0.2) is 14.6 Å².